The molecule has 33 heavy (non-hydrogen) atoms. The Bertz CT molecular complexity index is 1290. The van der Waals surface area contributed by atoms with Crippen LogP contribution in [0.3, 0.4) is 0 Å². The van der Waals surface area contributed by atoms with Crippen LogP contribution < -0.4 is 10.9 Å². The fraction of sp³-hybridized carbons (Fsp3) is 0.409. The Hall–Kier alpha value is -3.18. The van der Waals surface area contributed by atoms with Crippen molar-refractivity contribution in [1.29, 1.82) is 0 Å². The number of benzene rings is 1. The quantitative estimate of drug-likeness (QED) is 0.528. The van der Waals surface area contributed by atoms with Crippen LogP contribution in [0, 0.1) is 6.92 Å². The number of carbonyl (C=O) groups is 2. The number of aromatic nitrogens is 2. The van der Waals surface area contributed by atoms with E-state index in [0.717, 1.165) is 24.8 Å². The number of nitrogens with zero attached hydrogens (tertiary/aromatic N) is 3. The summed E-state index contributed by atoms with van der Waals surface area (Å²) in [5.74, 6) is 0.275. The lowest BCUT2D eigenvalue weighted by molar-refractivity contribution is -0.121. The predicted octanol–water partition coefficient (Wildman–Crippen LogP) is 2.04. The van der Waals surface area contributed by atoms with Crippen molar-refractivity contribution < 1.29 is 22.4 Å². The summed E-state index contributed by atoms with van der Waals surface area (Å²) in [5, 5.41) is 0. The Kier molecular flexibility index (Phi) is 6.52. The van der Waals surface area contributed by atoms with Gasteiger partial charge in [-0.25, -0.2) is 13.4 Å². The van der Waals surface area contributed by atoms with Crippen molar-refractivity contribution in [3.8, 4) is 0 Å². The number of furan rings is 1. The molecule has 4 rings (SSSR count). The zero-order valence-corrected chi connectivity index (χ0v) is 19.4. The fourth-order valence-corrected chi connectivity index (χ4v) is 5.51. The number of sulfonamides is 1. The van der Waals surface area contributed by atoms with Crippen molar-refractivity contribution in [3.63, 3.8) is 0 Å². The molecule has 0 saturated carbocycles. The number of aryl methyl sites for hydroxylation is 3. The molecule has 1 aliphatic heterocycles. The third kappa shape index (κ3) is 4.79. The van der Waals surface area contributed by atoms with Gasteiger partial charge in [0.15, 0.2) is 0 Å². The summed E-state index contributed by atoms with van der Waals surface area (Å²) in [7, 11) is -1.72. The van der Waals surface area contributed by atoms with Gasteiger partial charge in [0, 0.05) is 33.0 Å². The van der Waals surface area contributed by atoms with E-state index in [1.165, 1.54) is 16.6 Å². The molecule has 1 aliphatic rings. The number of hydrogen-bond donors (Lipinski definition) is 2. The Morgan fingerprint density at radius 1 is 1.12 bits per heavy atom. The van der Waals surface area contributed by atoms with Crippen LogP contribution in [0.1, 0.15) is 47.6 Å². The van der Waals surface area contributed by atoms with E-state index < -0.39 is 15.9 Å². The molecule has 176 valence electrons. The van der Waals surface area contributed by atoms with Gasteiger partial charge in [0.2, 0.25) is 15.9 Å². The van der Waals surface area contributed by atoms with Crippen molar-refractivity contribution in [1.82, 2.24) is 24.7 Å². The number of rotatable bonds is 6. The summed E-state index contributed by atoms with van der Waals surface area (Å²) in [4.78, 5) is 29.0. The van der Waals surface area contributed by atoms with E-state index in [0.29, 0.717) is 42.2 Å². The molecule has 1 aromatic carbocycles. The number of piperidine rings is 1. The summed E-state index contributed by atoms with van der Waals surface area (Å²) in [6.07, 6.45) is 4.63. The summed E-state index contributed by atoms with van der Waals surface area (Å²) in [6.45, 7) is 2.74. The van der Waals surface area contributed by atoms with Crippen LogP contribution in [0.15, 0.2) is 39.8 Å². The second-order valence-corrected chi connectivity index (χ2v) is 10.0. The summed E-state index contributed by atoms with van der Waals surface area (Å²) in [5.41, 5.74) is 6.44. The highest BCUT2D eigenvalue weighted by Gasteiger charge is 2.26. The van der Waals surface area contributed by atoms with E-state index in [2.05, 4.69) is 15.8 Å². The maximum absolute atomic E-state index is 13.0. The molecule has 0 radical (unpaired) electrons. The molecule has 0 unspecified atom stereocenters. The molecule has 3 heterocycles. The maximum atomic E-state index is 13.0. The normalized spacial score (nSPS) is 15.0. The van der Waals surface area contributed by atoms with E-state index in [-0.39, 0.29) is 17.2 Å². The second-order valence-electron chi connectivity index (χ2n) is 8.10. The number of fused-ring (bicyclic) bond motifs is 1. The van der Waals surface area contributed by atoms with Gasteiger partial charge in [0.05, 0.1) is 27.8 Å². The first kappa shape index (κ1) is 23.0. The first-order valence-electron chi connectivity index (χ1n) is 10.9. The van der Waals surface area contributed by atoms with Gasteiger partial charge in [-0.15, -0.1) is 0 Å². The molecule has 10 nitrogen and oxygen atoms in total. The Labute approximate surface area is 192 Å². The molecule has 2 amide bonds. The minimum absolute atomic E-state index is 0.0980. The Morgan fingerprint density at radius 3 is 2.58 bits per heavy atom. The lowest BCUT2D eigenvalue weighted by Crippen LogP contribution is -2.41. The van der Waals surface area contributed by atoms with Crippen LogP contribution in [0.4, 0.5) is 0 Å². The smallest absolute Gasteiger partial charge is 0.273 e. The topological polar surface area (TPSA) is 127 Å². The zero-order valence-electron chi connectivity index (χ0n) is 18.6. The lowest BCUT2D eigenvalue weighted by Gasteiger charge is -2.25. The third-order valence-electron chi connectivity index (χ3n) is 5.89. The van der Waals surface area contributed by atoms with E-state index in [1.807, 2.05) is 11.6 Å². The second kappa shape index (κ2) is 9.36. The van der Waals surface area contributed by atoms with Crippen LogP contribution >= 0.6 is 0 Å². The van der Waals surface area contributed by atoms with Crippen LogP contribution in [0.25, 0.3) is 11.0 Å². The molecule has 0 atom stereocenters. The monoisotopic (exact) mass is 473 g/mol. The van der Waals surface area contributed by atoms with E-state index in [9.17, 15) is 18.0 Å². The summed E-state index contributed by atoms with van der Waals surface area (Å²) < 4.78 is 34.4. The number of hydrazine groups is 1. The fourth-order valence-electron chi connectivity index (χ4n) is 3.97. The molecule has 1 fully saturated rings. The Balaban J connectivity index is 1.41. The van der Waals surface area contributed by atoms with Gasteiger partial charge in [-0.3, -0.25) is 20.4 Å². The highest BCUT2D eigenvalue weighted by molar-refractivity contribution is 7.89. The number of carbonyl (C=O) groups excluding carboxylic acids is 2. The molecule has 2 aromatic heterocycles. The third-order valence-corrected chi connectivity index (χ3v) is 7.79. The van der Waals surface area contributed by atoms with E-state index >= 15 is 0 Å². The van der Waals surface area contributed by atoms with Gasteiger partial charge >= 0.3 is 0 Å². The van der Waals surface area contributed by atoms with Gasteiger partial charge < -0.3 is 8.98 Å². The Morgan fingerprint density at radius 2 is 1.88 bits per heavy atom. The van der Waals surface area contributed by atoms with Crippen molar-refractivity contribution in [2.24, 2.45) is 7.05 Å². The maximum Gasteiger partial charge on any atom is 0.273 e. The highest BCUT2D eigenvalue weighted by Crippen LogP contribution is 2.24. The molecule has 0 spiro atoms. The van der Waals surface area contributed by atoms with Gasteiger partial charge in [0.1, 0.15) is 11.6 Å². The van der Waals surface area contributed by atoms with Gasteiger partial charge in [-0.1, -0.05) is 6.42 Å². The van der Waals surface area contributed by atoms with Gasteiger partial charge in [0.25, 0.3) is 5.91 Å². The average Bonchev–Trinajstić information content (AvgIpc) is 3.39. The van der Waals surface area contributed by atoms with Crippen molar-refractivity contribution in [3.05, 3.63) is 47.7 Å². The SMILES string of the molecule is Cc1occc1C(=O)NNC(=O)CCc1nc2cc(S(=O)(=O)N3CCCCC3)ccc2n1C. The van der Waals surface area contributed by atoms with Crippen LogP contribution in [-0.2, 0) is 28.3 Å². The van der Waals surface area contributed by atoms with Crippen LogP contribution in [-0.4, -0.2) is 47.2 Å². The number of amides is 2. The summed E-state index contributed by atoms with van der Waals surface area (Å²) >= 11 is 0. The van der Waals surface area contributed by atoms with Crippen molar-refractivity contribution in [2.45, 2.75) is 43.9 Å². The molecule has 0 aliphatic carbocycles. The molecule has 11 heteroatoms. The number of imidazole rings is 1. The molecular weight excluding hydrogens is 446 g/mol. The van der Waals surface area contributed by atoms with Crippen LogP contribution in [0.2, 0.25) is 0 Å². The lowest BCUT2D eigenvalue weighted by atomic mass is 10.2. The van der Waals surface area contributed by atoms with Gasteiger partial charge in [-0.05, 0) is 44.0 Å². The van der Waals surface area contributed by atoms with Crippen LogP contribution in [0.5, 0.6) is 0 Å². The number of hydrogen-bond acceptors (Lipinski definition) is 6. The predicted molar refractivity (Wildman–Crippen MR) is 121 cm³/mol. The molecule has 3 aromatic rings. The van der Waals surface area contributed by atoms with E-state index in [1.54, 1.807) is 25.1 Å². The molecule has 2 N–H and O–H groups in total. The largest absolute Gasteiger partial charge is 0.469 e. The van der Waals surface area contributed by atoms with Crippen molar-refractivity contribution in [2.75, 3.05) is 13.1 Å². The minimum Gasteiger partial charge on any atom is -0.469 e. The molecule has 0 bridgehead atoms. The van der Waals surface area contributed by atoms with Crippen molar-refractivity contribution >= 4 is 32.9 Å². The average molecular weight is 474 g/mol. The van der Waals surface area contributed by atoms with E-state index in [4.69, 9.17) is 4.42 Å². The van der Waals surface area contributed by atoms with Gasteiger partial charge in [-0.2, -0.15) is 4.31 Å². The first-order valence-corrected chi connectivity index (χ1v) is 12.3. The molecule has 1 saturated heterocycles. The molecular formula is C22H27N5O5S. The minimum atomic E-state index is -3.55. The summed E-state index contributed by atoms with van der Waals surface area (Å²) in [6, 6.07) is 6.47. The zero-order chi connectivity index (χ0) is 23.6. The number of nitrogens with one attached hydrogen (secondary N) is 2. The highest BCUT2D eigenvalue weighted by atomic mass is 32.2. The first-order chi connectivity index (χ1) is 15.8. The standard InChI is InChI=1S/C22H27N5O5S/c1-15-17(10-13-32-15)22(29)25-24-21(28)9-8-20-23-18-14-16(6-7-19(18)26(20)2)33(30,31)27-11-4-3-5-12-27/h6-7,10,13-14H,3-5,8-9,11-12H2,1-2H3,(H,24,28)(H,25,29).